The Kier molecular flexibility index (Phi) is 4.78. The lowest BCUT2D eigenvalue weighted by molar-refractivity contribution is 0.111. The molecule has 0 bridgehead atoms. The Morgan fingerprint density at radius 2 is 1.95 bits per heavy atom. The molecule has 1 aromatic heterocycles. The summed E-state index contributed by atoms with van der Waals surface area (Å²) in [6.07, 6.45) is 2.56. The minimum Gasteiger partial charge on any atom is -0.296 e. The van der Waals surface area contributed by atoms with Crippen molar-refractivity contribution in [3.8, 4) is 5.69 Å². The van der Waals surface area contributed by atoms with Crippen molar-refractivity contribution in [1.29, 1.82) is 0 Å². The van der Waals surface area contributed by atoms with Crippen molar-refractivity contribution in [2.75, 3.05) is 0 Å². The summed E-state index contributed by atoms with van der Waals surface area (Å²) in [7, 11) is 0. The van der Waals surface area contributed by atoms with Crippen LogP contribution >= 0.6 is 23.2 Å². The number of nitrogens with zero attached hydrogens (tertiary/aromatic N) is 3. The summed E-state index contributed by atoms with van der Waals surface area (Å²) >= 11 is 12.0. The predicted molar refractivity (Wildman–Crippen MR) is 80.1 cm³/mol. The lowest BCUT2D eigenvalue weighted by atomic mass is 9.97. The van der Waals surface area contributed by atoms with E-state index >= 15 is 0 Å². The monoisotopic (exact) mass is 311 g/mol. The van der Waals surface area contributed by atoms with Crippen molar-refractivity contribution in [2.24, 2.45) is 0 Å². The highest BCUT2D eigenvalue weighted by atomic mass is 35.5. The fraction of sp³-hybridized carbons (Fsp3) is 0.357. The van der Waals surface area contributed by atoms with Crippen molar-refractivity contribution in [1.82, 2.24) is 15.0 Å². The first kappa shape index (κ1) is 15.0. The number of aldehydes is 1. The first-order valence-electron chi connectivity index (χ1n) is 6.48. The van der Waals surface area contributed by atoms with Gasteiger partial charge in [0, 0.05) is 5.92 Å². The lowest BCUT2D eigenvalue weighted by Crippen LogP contribution is -2.08. The molecule has 0 aliphatic heterocycles. The zero-order valence-corrected chi connectivity index (χ0v) is 12.8. The van der Waals surface area contributed by atoms with E-state index < -0.39 is 0 Å². The highest BCUT2D eigenvalue weighted by Crippen LogP contribution is 2.29. The van der Waals surface area contributed by atoms with E-state index in [-0.39, 0.29) is 5.92 Å². The Morgan fingerprint density at radius 1 is 1.25 bits per heavy atom. The molecule has 0 aliphatic carbocycles. The van der Waals surface area contributed by atoms with E-state index in [0.29, 0.717) is 15.7 Å². The number of aromatic nitrogens is 3. The summed E-state index contributed by atoms with van der Waals surface area (Å²) in [6.45, 7) is 4.16. The molecule has 0 spiro atoms. The average molecular weight is 312 g/mol. The van der Waals surface area contributed by atoms with Crippen LogP contribution in [-0.4, -0.2) is 21.3 Å². The maximum Gasteiger partial charge on any atom is 0.172 e. The third-order valence-electron chi connectivity index (χ3n) is 3.36. The molecular formula is C14H15Cl2N3O. The molecule has 4 nitrogen and oxygen atoms in total. The van der Waals surface area contributed by atoms with Gasteiger partial charge in [0.1, 0.15) is 5.69 Å². The minimum atomic E-state index is 0.222. The molecule has 0 aliphatic rings. The van der Waals surface area contributed by atoms with E-state index in [1.807, 2.05) is 6.07 Å². The van der Waals surface area contributed by atoms with Crippen LogP contribution in [0.3, 0.4) is 0 Å². The number of halogens is 2. The van der Waals surface area contributed by atoms with Gasteiger partial charge < -0.3 is 0 Å². The summed E-state index contributed by atoms with van der Waals surface area (Å²) < 4.78 is 1.67. The van der Waals surface area contributed by atoms with Gasteiger partial charge in [-0.2, -0.15) is 0 Å². The Hall–Kier alpha value is -1.39. The molecule has 0 N–H and O–H groups in total. The molecular weight excluding hydrogens is 297 g/mol. The van der Waals surface area contributed by atoms with E-state index in [9.17, 15) is 4.79 Å². The van der Waals surface area contributed by atoms with E-state index in [0.717, 1.165) is 30.5 Å². The molecule has 20 heavy (non-hydrogen) atoms. The first-order valence-corrected chi connectivity index (χ1v) is 7.24. The largest absolute Gasteiger partial charge is 0.296 e. The van der Waals surface area contributed by atoms with Gasteiger partial charge in [0.15, 0.2) is 6.29 Å². The van der Waals surface area contributed by atoms with Crippen LogP contribution in [0.15, 0.2) is 18.2 Å². The van der Waals surface area contributed by atoms with Crippen molar-refractivity contribution in [3.63, 3.8) is 0 Å². The highest BCUT2D eigenvalue weighted by molar-refractivity contribution is 6.42. The van der Waals surface area contributed by atoms with E-state index in [1.165, 1.54) is 0 Å². The molecule has 0 fully saturated rings. The van der Waals surface area contributed by atoms with Crippen LogP contribution in [-0.2, 0) is 0 Å². The summed E-state index contributed by atoms with van der Waals surface area (Å²) in [5.41, 5.74) is 1.95. The number of rotatable bonds is 5. The van der Waals surface area contributed by atoms with Gasteiger partial charge in [-0.3, -0.25) is 4.79 Å². The van der Waals surface area contributed by atoms with Crippen molar-refractivity contribution < 1.29 is 4.79 Å². The first-order chi connectivity index (χ1) is 9.62. The van der Waals surface area contributed by atoms with Gasteiger partial charge in [-0.1, -0.05) is 42.3 Å². The number of carbonyl (C=O) groups excluding carboxylic acids is 1. The van der Waals surface area contributed by atoms with Gasteiger partial charge in [0.2, 0.25) is 0 Å². The predicted octanol–water partition coefficient (Wildman–Crippen LogP) is 4.29. The quantitative estimate of drug-likeness (QED) is 0.774. The number of benzene rings is 1. The molecule has 0 amide bonds. The number of carbonyl (C=O) groups is 1. The second-order valence-electron chi connectivity index (χ2n) is 4.50. The van der Waals surface area contributed by atoms with Crippen LogP contribution < -0.4 is 0 Å². The summed E-state index contributed by atoms with van der Waals surface area (Å²) in [5.74, 6) is 0.222. The molecule has 0 radical (unpaired) electrons. The lowest BCUT2D eigenvalue weighted by Gasteiger charge is -2.15. The van der Waals surface area contributed by atoms with Crippen LogP contribution in [0.25, 0.3) is 5.69 Å². The van der Waals surface area contributed by atoms with Crippen LogP contribution in [0.5, 0.6) is 0 Å². The third-order valence-corrected chi connectivity index (χ3v) is 4.10. The average Bonchev–Trinajstić information content (AvgIpc) is 2.87. The summed E-state index contributed by atoms with van der Waals surface area (Å²) in [6, 6.07) is 5.24. The molecule has 1 heterocycles. The molecule has 106 valence electrons. The van der Waals surface area contributed by atoms with Gasteiger partial charge in [0.05, 0.1) is 21.4 Å². The van der Waals surface area contributed by atoms with E-state index in [1.54, 1.807) is 16.8 Å². The maximum absolute atomic E-state index is 11.2. The Bertz CT molecular complexity index is 621. The standard InChI is InChI=1S/C14H15Cl2N3O/c1-3-9(4-2)14-13(8-20)17-18-19(14)10-5-6-11(15)12(16)7-10/h5-9H,3-4H2,1-2H3. The van der Waals surface area contributed by atoms with Crippen LogP contribution in [0, 0.1) is 0 Å². The molecule has 1 aromatic carbocycles. The van der Waals surface area contributed by atoms with Gasteiger partial charge >= 0.3 is 0 Å². The zero-order valence-electron chi connectivity index (χ0n) is 11.3. The minimum absolute atomic E-state index is 0.222. The fourth-order valence-electron chi connectivity index (χ4n) is 2.25. The Labute approximate surface area is 127 Å². The third kappa shape index (κ3) is 2.72. The SMILES string of the molecule is CCC(CC)c1c(C=O)nnn1-c1ccc(Cl)c(Cl)c1. The second-order valence-corrected chi connectivity index (χ2v) is 5.32. The normalized spacial score (nSPS) is 11.1. The van der Waals surface area contributed by atoms with Crippen LogP contribution in [0.4, 0.5) is 0 Å². The van der Waals surface area contributed by atoms with E-state index in [4.69, 9.17) is 23.2 Å². The van der Waals surface area contributed by atoms with Crippen molar-refractivity contribution >= 4 is 29.5 Å². The van der Waals surface area contributed by atoms with Crippen molar-refractivity contribution in [2.45, 2.75) is 32.6 Å². The molecule has 0 unspecified atom stereocenters. The smallest absolute Gasteiger partial charge is 0.172 e. The topological polar surface area (TPSA) is 47.8 Å². The summed E-state index contributed by atoms with van der Waals surface area (Å²) in [5, 5.41) is 8.96. The van der Waals surface area contributed by atoms with Gasteiger partial charge in [-0.15, -0.1) is 5.10 Å². The molecule has 0 saturated heterocycles. The molecule has 2 rings (SSSR count). The fourth-order valence-corrected chi connectivity index (χ4v) is 2.54. The van der Waals surface area contributed by atoms with Gasteiger partial charge in [-0.05, 0) is 31.0 Å². The molecule has 2 aromatic rings. The highest BCUT2D eigenvalue weighted by Gasteiger charge is 2.21. The van der Waals surface area contributed by atoms with Crippen LogP contribution in [0.1, 0.15) is 48.8 Å². The second kappa shape index (κ2) is 6.37. The molecule has 0 atom stereocenters. The Morgan fingerprint density at radius 3 is 2.50 bits per heavy atom. The van der Waals surface area contributed by atoms with Crippen LogP contribution in [0.2, 0.25) is 10.0 Å². The zero-order chi connectivity index (χ0) is 14.7. The van der Waals surface area contributed by atoms with E-state index in [2.05, 4.69) is 24.2 Å². The molecule has 0 saturated carbocycles. The Balaban J connectivity index is 2.58. The van der Waals surface area contributed by atoms with Gasteiger partial charge in [-0.25, -0.2) is 4.68 Å². The summed E-state index contributed by atoms with van der Waals surface area (Å²) in [4.78, 5) is 11.2. The van der Waals surface area contributed by atoms with Gasteiger partial charge in [0.25, 0.3) is 0 Å². The number of hydrogen-bond acceptors (Lipinski definition) is 3. The number of hydrogen-bond donors (Lipinski definition) is 0. The molecule has 6 heteroatoms. The van der Waals surface area contributed by atoms with Crippen molar-refractivity contribution in [3.05, 3.63) is 39.6 Å². The maximum atomic E-state index is 11.2.